The molecule has 0 aromatic carbocycles. The van der Waals surface area contributed by atoms with Crippen LogP contribution in [0.2, 0.25) is 4.34 Å². The summed E-state index contributed by atoms with van der Waals surface area (Å²) in [6, 6.07) is 3.33. The van der Waals surface area contributed by atoms with E-state index in [1.165, 1.54) is 11.3 Å². The average molecular weight is 318 g/mol. The number of carbonyl (C=O) groups excluding carboxylic acids is 1. The molecule has 0 saturated carbocycles. The lowest BCUT2D eigenvalue weighted by Gasteiger charge is -2.30. The molecule has 0 spiro atoms. The van der Waals surface area contributed by atoms with Gasteiger partial charge in [-0.25, -0.2) is 4.79 Å². The molecule has 0 bridgehead atoms. The average Bonchev–Trinajstić information content (AvgIpc) is 2.93. The van der Waals surface area contributed by atoms with Crippen molar-refractivity contribution in [2.45, 2.75) is 51.4 Å². The zero-order chi connectivity index (χ0) is 14.9. The number of halogens is 1. The molecule has 1 aromatic rings. The molecule has 20 heavy (non-hydrogen) atoms. The summed E-state index contributed by atoms with van der Waals surface area (Å²) in [5.41, 5.74) is -0.526. The molecule has 2 rings (SSSR count). The van der Waals surface area contributed by atoms with Crippen molar-refractivity contribution in [3.8, 4) is 0 Å². The second-order valence-electron chi connectivity index (χ2n) is 5.97. The molecule has 0 aliphatic carbocycles. The Bertz CT molecular complexity index is 483. The summed E-state index contributed by atoms with van der Waals surface area (Å²) < 4.78 is 6.04. The van der Waals surface area contributed by atoms with Gasteiger partial charge in [0.25, 0.3) is 0 Å². The van der Waals surface area contributed by atoms with Gasteiger partial charge in [0.05, 0.1) is 10.4 Å². The molecular formula is C14H20ClNO3S. The van der Waals surface area contributed by atoms with E-state index in [1.807, 2.05) is 26.8 Å². The van der Waals surface area contributed by atoms with Gasteiger partial charge in [0, 0.05) is 11.4 Å². The summed E-state index contributed by atoms with van der Waals surface area (Å²) in [7, 11) is 0. The monoisotopic (exact) mass is 317 g/mol. The van der Waals surface area contributed by atoms with Gasteiger partial charge in [-0.05, 0) is 45.7 Å². The predicted molar refractivity (Wildman–Crippen MR) is 80.3 cm³/mol. The van der Waals surface area contributed by atoms with Crippen LogP contribution >= 0.6 is 22.9 Å². The lowest BCUT2D eigenvalue weighted by atomic mass is 10.1. The highest BCUT2D eigenvalue weighted by Gasteiger charge is 2.37. The van der Waals surface area contributed by atoms with Crippen molar-refractivity contribution in [3.05, 3.63) is 21.3 Å². The van der Waals surface area contributed by atoms with Crippen molar-refractivity contribution in [3.63, 3.8) is 0 Å². The van der Waals surface area contributed by atoms with Gasteiger partial charge in [-0.15, -0.1) is 11.3 Å². The Morgan fingerprint density at radius 2 is 2.25 bits per heavy atom. The Kier molecular flexibility index (Phi) is 4.62. The number of thiophene rings is 1. The largest absolute Gasteiger partial charge is 0.444 e. The van der Waals surface area contributed by atoms with Crippen LogP contribution in [0.25, 0.3) is 0 Å². The topological polar surface area (TPSA) is 49.8 Å². The first-order valence-electron chi connectivity index (χ1n) is 6.71. The van der Waals surface area contributed by atoms with Crippen molar-refractivity contribution in [1.82, 2.24) is 4.90 Å². The number of aliphatic hydroxyl groups excluding tert-OH is 1. The maximum Gasteiger partial charge on any atom is 0.410 e. The summed E-state index contributed by atoms with van der Waals surface area (Å²) in [4.78, 5) is 14.6. The fraction of sp³-hybridized carbons (Fsp3) is 0.643. The van der Waals surface area contributed by atoms with E-state index >= 15 is 0 Å². The van der Waals surface area contributed by atoms with E-state index < -0.39 is 11.7 Å². The van der Waals surface area contributed by atoms with Crippen molar-refractivity contribution in [2.24, 2.45) is 0 Å². The lowest BCUT2D eigenvalue weighted by molar-refractivity contribution is 0.00545. The Morgan fingerprint density at radius 1 is 1.55 bits per heavy atom. The van der Waals surface area contributed by atoms with Crippen LogP contribution in [0.5, 0.6) is 0 Å². The van der Waals surface area contributed by atoms with Gasteiger partial charge >= 0.3 is 6.09 Å². The number of nitrogens with zero attached hydrogens (tertiary/aromatic N) is 1. The van der Waals surface area contributed by atoms with Gasteiger partial charge in [0.15, 0.2) is 0 Å². The minimum absolute atomic E-state index is 0.237. The number of rotatable bonds is 2. The molecule has 2 atom stereocenters. The molecule has 0 radical (unpaired) electrons. The second-order valence-corrected chi connectivity index (χ2v) is 7.72. The lowest BCUT2D eigenvalue weighted by Crippen LogP contribution is -2.42. The van der Waals surface area contributed by atoms with E-state index in [-0.39, 0.29) is 12.1 Å². The van der Waals surface area contributed by atoms with Gasteiger partial charge in [-0.2, -0.15) is 0 Å². The van der Waals surface area contributed by atoms with E-state index in [1.54, 1.807) is 11.0 Å². The van der Waals surface area contributed by atoms with Crippen molar-refractivity contribution < 1.29 is 14.6 Å². The predicted octanol–water partition coefficient (Wildman–Crippen LogP) is 3.83. The first-order valence-corrected chi connectivity index (χ1v) is 7.90. The fourth-order valence-electron chi connectivity index (χ4n) is 2.34. The SMILES string of the molecule is CC(C)(C)OC(=O)N1CCC[C@H]1C(O)c1ccc(Cl)s1. The number of aliphatic hydroxyl groups is 1. The third kappa shape index (κ3) is 3.65. The zero-order valence-corrected chi connectivity index (χ0v) is 13.5. The number of ether oxygens (including phenoxy) is 1. The molecule has 112 valence electrons. The maximum absolute atomic E-state index is 12.2. The van der Waals surface area contributed by atoms with Crippen LogP contribution < -0.4 is 0 Å². The first-order chi connectivity index (χ1) is 9.28. The standard InChI is InChI=1S/C14H20ClNO3S/c1-14(2,3)19-13(18)16-8-4-5-9(16)12(17)10-6-7-11(15)20-10/h6-7,9,12,17H,4-5,8H2,1-3H3/t9-,12?/m0/s1. The fourth-order valence-corrected chi connectivity index (χ4v) is 3.45. The van der Waals surface area contributed by atoms with Crippen molar-refractivity contribution in [1.29, 1.82) is 0 Å². The van der Waals surface area contributed by atoms with E-state index in [0.717, 1.165) is 17.7 Å². The maximum atomic E-state index is 12.2. The van der Waals surface area contributed by atoms with Gasteiger partial charge < -0.3 is 14.7 Å². The highest BCUT2D eigenvalue weighted by Crippen LogP contribution is 2.35. The normalized spacial score (nSPS) is 21.1. The summed E-state index contributed by atoms with van der Waals surface area (Å²) in [5.74, 6) is 0. The van der Waals surface area contributed by atoms with Crippen molar-refractivity contribution in [2.75, 3.05) is 6.54 Å². The first kappa shape index (κ1) is 15.6. The molecule has 6 heteroatoms. The zero-order valence-electron chi connectivity index (χ0n) is 11.9. The van der Waals surface area contributed by atoms with Crippen LogP contribution in [0.4, 0.5) is 4.79 Å². The molecule has 1 amide bonds. The smallest absolute Gasteiger partial charge is 0.410 e. The summed E-state index contributed by atoms with van der Waals surface area (Å²) in [6.45, 7) is 6.14. The summed E-state index contributed by atoms with van der Waals surface area (Å²) >= 11 is 7.25. The Balaban J connectivity index is 2.09. The molecule has 1 aliphatic rings. The minimum Gasteiger partial charge on any atom is -0.444 e. The summed E-state index contributed by atoms with van der Waals surface area (Å²) in [5, 5.41) is 10.5. The number of carbonyl (C=O) groups is 1. The van der Waals surface area contributed by atoms with E-state index in [0.29, 0.717) is 10.9 Å². The molecule has 1 fully saturated rings. The molecule has 1 aromatic heterocycles. The highest BCUT2D eigenvalue weighted by atomic mass is 35.5. The van der Waals surface area contributed by atoms with Crippen LogP contribution in [0, 0.1) is 0 Å². The van der Waals surface area contributed by atoms with Crippen LogP contribution in [0.15, 0.2) is 12.1 Å². The van der Waals surface area contributed by atoms with Crippen LogP contribution in [0.1, 0.15) is 44.6 Å². The van der Waals surface area contributed by atoms with Crippen LogP contribution in [0.3, 0.4) is 0 Å². The van der Waals surface area contributed by atoms with Gasteiger partial charge in [-0.1, -0.05) is 11.6 Å². The Morgan fingerprint density at radius 3 is 2.80 bits per heavy atom. The third-order valence-corrected chi connectivity index (χ3v) is 4.48. The molecule has 1 aliphatic heterocycles. The van der Waals surface area contributed by atoms with Crippen LogP contribution in [-0.4, -0.2) is 34.3 Å². The Hall–Kier alpha value is -0.780. The van der Waals surface area contributed by atoms with Crippen LogP contribution in [-0.2, 0) is 4.74 Å². The van der Waals surface area contributed by atoms with Gasteiger partial charge in [0.1, 0.15) is 11.7 Å². The molecule has 2 heterocycles. The Labute approximate surface area is 128 Å². The highest BCUT2D eigenvalue weighted by molar-refractivity contribution is 7.16. The molecule has 1 N–H and O–H groups in total. The number of likely N-dealkylation sites (tertiary alicyclic amines) is 1. The number of amides is 1. The molecule has 1 saturated heterocycles. The van der Waals surface area contributed by atoms with E-state index in [4.69, 9.17) is 16.3 Å². The number of hydrogen-bond donors (Lipinski definition) is 1. The van der Waals surface area contributed by atoms with E-state index in [2.05, 4.69) is 0 Å². The molecule has 4 nitrogen and oxygen atoms in total. The van der Waals surface area contributed by atoms with Gasteiger partial charge in [-0.3, -0.25) is 0 Å². The van der Waals surface area contributed by atoms with E-state index in [9.17, 15) is 9.90 Å². The minimum atomic E-state index is -0.706. The molecule has 1 unspecified atom stereocenters. The number of hydrogen-bond acceptors (Lipinski definition) is 4. The molecular weight excluding hydrogens is 298 g/mol. The van der Waals surface area contributed by atoms with Gasteiger partial charge in [0.2, 0.25) is 0 Å². The second kappa shape index (κ2) is 5.92. The summed E-state index contributed by atoms with van der Waals surface area (Å²) in [6.07, 6.45) is 0.583. The third-order valence-electron chi connectivity index (χ3n) is 3.18. The quantitative estimate of drug-likeness (QED) is 0.901. The van der Waals surface area contributed by atoms with Crippen molar-refractivity contribution >= 4 is 29.0 Å².